The number of piperidine rings is 1. The molecule has 1 aromatic carbocycles. The van der Waals surface area contributed by atoms with E-state index in [1.165, 1.54) is 11.3 Å². The van der Waals surface area contributed by atoms with Crippen LogP contribution >= 0.6 is 11.3 Å². The Morgan fingerprint density at radius 3 is 2.71 bits per heavy atom. The fraction of sp³-hybridized carbons (Fsp3) is 0.417. The van der Waals surface area contributed by atoms with Crippen molar-refractivity contribution >= 4 is 28.2 Å². The third-order valence-electron chi connectivity index (χ3n) is 6.84. The van der Waals surface area contributed by atoms with E-state index in [4.69, 9.17) is 19.2 Å². The maximum absolute atomic E-state index is 13.1. The third-order valence-corrected chi connectivity index (χ3v) is 7.44. The largest absolute Gasteiger partial charge is 0.438 e. The molecule has 1 amide bonds. The van der Waals surface area contributed by atoms with Gasteiger partial charge in [-0.05, 0) is 18.2 Å². The maximum Gasteiger partial charge on any atom is 0.229 e. The van der Waals surface area contributed by atoms with Gasteiger partial charge in [-0.15, -0.1) is 10.2 Å². The molecular formula is C24H25N5O4S. The smallest absolute Gasteiger partial charge is 0.229 e. The van der Waals surface area contributed by atoms with E-state index in [0.29, 0.717) is 24.2 Å². The van der Waals surface area contributed by atoms with E-state index in [0.717, 1.165) is 48.6 Å². The van der Waals surface area contributed by atoms with Gasteiger partial charge in [0.25, 0.3) is 0 Å². The zero-order chi connectivity index (χ0) is 23.1. The van der Waals surface area contributed by atoms with Crippen LogP contribution in [0.2, 0.25) is 0 Å². The van der Waals surface area contributed by atoms with Crippen LogP contribution < -0.4 is 15.0 Å². The third kappa shape index (κ3) is 3.81. The summed E-state index contributed by atoms with van der Waals surface area (Å²) >= 11 is 1.30. The van der Waals surface area contributed by atoms with Crippen molar-refractivity contribution in [1.82, 2.24) is 15.2 Å². The van der Waals surface area contributed by atoms with Crippen molar-refractivity contribution in [3.63, 3.8) is 0 Å². The number of nitrogens with one attached hydrogen (secondary N) is 1. The Labute approximate surface area is 201 Å². The first-order chi connectivity index (χ1) is 16.6. The van der Waals surface area contributed by atoms with Gasteiger partial charge in [-0.25, -0.2) is 0 Å². The van der Waals surface area contributed by atoms with Gasteiger partial charge in [0.2, 0.25) is 16.9 Å². The lowest BCUT2D eigenvalue weighted by Gasteiger charge is -2.38. The van der Waals surface area contributed by atoms with Crippen molar-refractivity contribution < 1.29 is 19.0 Å². The lowest BCUT2D eigenvalue weighted by molar-refractivity contribution is -0.169. The number of aromatic nitrogens is 3. The summed E-state index contributed by atoms with van der Waals surface area (Å²) in [7, 11) is 0. The molecule has 1 N–H and O–H groups in total. The lowest BCUT2D eigenvalue weighted by Crippen LogP contribution is -2.45. The van der Waals surface area contributed by atoms with Crippen LogP contribution in [-0.2, 0) is 14.3 Å². The molecule has 0 aliphatic carbocycles. The molecule has 2 aromatic heterocycles. The van der Waals surface area contributed by atoms with E-state index in [9.17, 15) is 4.79 Å². The van der Waals surface area contributed by atoms with Gasteiger partial charge >= 0.3 is 0 Å². The van der Waals surface area contributed by atoms with Crippen LogP contribution in [0.5, 0.6) is 11.6 Å². The molecule has 2 fully saturated rings. The molecule has 9 nitrogen and oxygen atoms in total. The number of fused-ring (bicyclic) bond motifs is 2. The molecular weight excluding hydrogens is 454 g/mol. The average Bonchev–Trinajstić information content (AvgIpc) is 3.55. The normalized spacial score (nSPS) is 21.4. The zero-order valence-electron chi connectivity index (χ0n) is 18.8. The molecule has 5 heterocycles. The fourth-order valence-corrected chi connectivity index (χ4v) is 5.49. The Hall–Kier alpha value is -3.08. The van der Waals surface area contributed by atoms with E-state index >= 15 is 0 Å². The number of carbonyl (C=O) groups excluding carboxylic acids is 1. The standard InChI is InChI=1S/C24H25N5O4S/c1-15(21(30)27-23-28-25-14-34-23)20-16-4-2-3-5-18(16)33-22-17(20)6-7-19(26-22)29-10-8-24(9-11-29)31-12-13-32-24/h2-7,14-15,20H,8-13H2,1H3,(H,27,28,30)/t15?,20-/m1/s1. The first kappa shape index (κ1) is 21.5. The average molecular weight is 480 g/mol. The van der Waals surface area contributed by atoms with Crippen LogP contribution in [0.15, 0.2) is 41.9 Å². The number of rotatable bonds is 4. The molecule has 6 rings (SSSR count). The number of carbonyl (C=O) groups is 1. The number of amides is 1. The molecule has 176 valence electrons. The van der Waals surface area contributed by atoms with E-state index in [-0.39, 0.29) is 17.7 Å². The summed E-state index contributed by atoms with van der Waals surface area (Å²) < 4.78 is 17.9. The summed E-state index contributed by atoms with van der Waals surface area (Å²) in [5.41, 5.74) is 3.47. The molecule has 3 aromatic rings. The quantitative estimate of drug-likeness (QED) is 0.604. The topological polar surface area (TPSA) is 98.7 Å². The molecule has 10 heteroatoms. The van der Waals surface area contributed by atoms with Gasteiger partial charge in [0.15, 0.2) is 5.79 Å². The van der Waals surface area contributed by atoms with Gasteiger partial charge in [0.05, 0.1) is 13.2 Å². The van der Waals surface area contributed by atoms with E-state index in [2.05, 4.69) is 20.4 Å². The highest BCUT2D eigenvalue weighted by molar-refractivity contribution is 7.13. The lowest BCUT2D eigenvalue weighted by atomic mass is 9.80. The predicted octanol–water partition coefficient (Wildman–Crippen LogP) is 3.79. The van der Waals surface area contributed by atoms with Crippen LogP contribution in [0.1, 0.15) is 36.8 Å². The van der Waals surface area contributed by atoms with Gasteiger partial charge in [-0.3, -0.25) is 4.79 Å². The van der Waals surface area contributed by atoms with Crippen LogP contribution in [0.25, 0.3) is 0 Å². The highest BCUT2D eigenvalue weighted by atomic mass is 32.1. The fourth-order valence-electron chi connectivity index (χ4n) is 5.04. The molecule has 1 unspecified atom stereocenters. The van der Waals surface area contributed by atoms with Crippen molar-refractivity contribution in [2.24, 2.45) is 5.92 Å². The summed E-state index contributed by atoms with van der Waals surface area (Å²) in [6, 6.07) is 11.9. The summed E-state index contributed by atoms with van der Waals surface area (Å²) in [6.45, 7) is 4.85. The van der Waals surface area contributed by atoms with Crippen LogP contribution in [0.4, 0.5) is 10.9 Å². The van der Waals surface area contributed by atoms with Crippen molar-refractivity contribution in [3.05, 3.63) is 53.0 Å². The number of anilines is 2. The molecule has 0 bridgehead atoms. The minimum Gasteiger partial charge on any atom is -0.438 e. The van der Waals surface area contributed by atoms with Gasteiger partial charge < -0.3 is 24.4 Å². The first-order valence-corrected chi connectivity index (χ1v) is 12.4. The second-order valence-corrected chi connectivity index (χ2v) is 9.63. The molecule has 3 aliphatic heterocycles. The Balaban J connectivity index is 1.28. The number of hydrogen-bond acceptors (Lipinski definition) is 9. The number of hydrogen-bond donors (Lipinski definition) is 1. The summed E-state index contributed by atoms with van der Waals surface area (Å²) in [5.74, 6) is 1.02. The Morgan fingerprint density at radius 1 is 1.15 bits per heavy atom. The second-order valence-electron chi connectivity index (χ2n) is 8.80. The highest BCUT2D eigenvalue weighted by Crippen LogP contribution is 2.47. The van der Waals surface area contributed by atoms with Crippen molar-refractivity contribution in [2.45, 2.75) is 31.5 Å². The Bertz CT molecular complexity index is 1190. The van der Waals surface area contributed by atoms with Crippen molar-refractivity contribution in [1.29, 1.82) is 0 Å². The SMILES string of the molecule is CC(C(=O)Nc1nncs1)[C@@H]1c2ccccc2Oc2nc(N3CCC4(CC3)OCCO4)ccc21. The molecule has 1 spiro atoms. The summed E-state index contributed by atoms with van der Waals surface area (Å²) in [4.78, 5) is 20.2. The highest BCUT2D eigenvalue weighted by Gasteiger charge is 2.41. The zero-order valence-corrected chi connectivity index (χ0v) is 19.6. The molecule has 0 radical (unpaired) electrons. The van der Waals surface area contributed by atoms with E-state index in [1.807, 2.05) is 43.3 Å². The van der Waals surface area contributed by atoms with Crippen LogP contribution in [-0.4, -0.2) is 53.2 Å². The van der Waals surface area contributed by atoms with Crippen LogP contribution in [0.3, 0.4) is 0 Å². The molecule has 34 heavy (non-hydrogen) atoms. The Kier molecular flexibility index (Phi) is 5.43. The molecule has 3 aliphatic rings. The molecule has 2 atom stereocenters. The summed E-state index contributed by atoms with van der Waals surface area (Å²) in [5, 5.41) is 11.1. The predicted molar refractivity (Wildman–Crippen MR) is 126 cm³/mol. The summed E-state index contributed by atoms with van der Waals surface area (Å²) in [6.07, 6.45) is 1.61. The van der Waals surface area contributed by atoms with Crippen molar-refractivity contribution in [3.8, 4) is 11.6 Å². The second kappa shape index (κ2) is 8.61. The number of nitrogens with zero attached hydrogens (tertiary/aromatic N) is 4. The van der Waals surface area contributed by atoms with Gasteiger partial charge in [0, 0.05) is 48.9 Å². The minimum absolute atomic E-state index is 0.119. The van der Waals surface area contributed by atoms with Gasteiger partial charge in [-0.1, -0.05) is 36.5 Å². The Morgan fingerprint density at radius 2 is 1.94 bits per heavy atom. The number of pyridine rings is 1. The number of para-hydroxylation sites is 1. The number of ether oxygens (including phenoxy) is 3. The molecule has 2 saturated heterocycles. The van der Waals surface area contributed by atoms with Crippen molar-refractivity contribution in [2.75, 3.05) is 36.5 Å². The van der Waals surface area contributed by atoms with Crippen LogP contribution in [0, 0.1) is 5.92 Å². The van der Waals surface area contributed by atoms with Gasteiger partial charge in [0.1, 0.15) is 17.1 Å². The van der Waals surface area contributed by atoms with E-state index in [1.54, 1.807) is 5.51 Å². The minimum atomic E-state index is -0.430. The maximum atomic E-state index is 13.1. The molecule has 0 saturated carbocycles. The number of benzene rings is 1. The van der Waals surface area contributed by atoms with Gasteiger partial charge in [-0.2, -0.15) is 4.98 Å². The monoisotopic (exact) mass is 479 g/mol. The van der Waals surface area contributed by atoms with E-state index < -0.39 is 5.79 Å². The first-order valence-electron chi connectivity index (χ1n) is 11.5.